The first-order valence-electron chi connectivity index (χ1n) is 7.52. The zero-order chi connectivity index (χ0) is 16.2. The van der Waals surface area contributed by atoms with Crippen LogP contribution >= 0.6 is 0 Å². The largest absolute Gasteiger partial charge is 0.442 e. The van der Waals surface area contributed by atoms with Crippen LogP contribution in [0.4, 0.5) is 10.5 Å². The van der Waals surface area contributed by atoms with Gasteiger partial charge in [0.2, 0.25) is 0 Å². The van der Waals surface area contributed by atoms with Gasteiger partial charge in [-0.3, -0.25) is 9.69 Å². The molecule has 0 aromatic heterocycles. The number of amides is 2. The smallest absolute Gasteiger partial charge is 0.414 e. The van der Waals surface area contributed by atoms with Crippen molar-refractivity contribution in [1.82, 2.24) is 5.32 Å². The zero-order valence-corrected chi connectivity index (χ0v) is 12.9. The van der Waals surface area contributed by atoms with E-state index in [1.807, 2.05) is 55.5 Å². The van der Waals surface area contributed by atoms with Crippen molar-refractivity contribution in [3.8, 4) is 0 Å². The van der Waals surface area contributed by atoms with Gasteiger partial charge in [0.1, 0.15) is 6.10 Å². The number of ether oxygens (including phenoxy) is 1. The molecule has 1 N–H and O–H groups in total. The van der Waals surface area contributed by atoms with Crippen LogP contribution in [0.2, 0.25) is 0 Å². The van der Waals surface area contributed by atoms with Crippen LogP contribution in [0.1, 0.15) is 15.9 Å². The Morgan fingerprint density at radius 1 is 1.17 bits per heavy atom. The minimum atomic E-state index is -0.383. The van der Waals surface area contributed by atoms with Gasteiger partial charge < -0.3 is 10.1 Å². The van der Waals surface area contributed by atoms with Gasteiger partial charge in [-0.15, -0.1) is 0 Å². The highest BCUT2D eigenvalue weighted by Gasteiger charge is 2.32. The molecule has 1 unspecified atom stereocenters. The molecule has 1 atom stereocenters. The molecule has 5 heteroatoms. The number of hydrogen-bond donors (Lipinski definition) is 1. The first kappa shape index (κ1) is 15.1. The van der Waals surface area contributed by atoms with E-state index in [0.29, 0.717) is 18.7 Å². The van der Waals surface area contributed by atoms with Crippen molar-refractivity contribution in [1.29, 1.82) is 0 Å². The molecule has 0 bridgehead atoms. The molecule has 0 saturated carbocycles. The fraction of sp³-hybridized carbons (Fsp3) is 0.222. The van der Waals surface area contributed by atoms with E-state index in [-0.39, 0.29) is 18.1 Å². The molecule has 2 amide bonds. The van der Waals surface area contributed by atoms with Gasteiger partial charge >= 0.3 is 6.09 Å². The van der Waals surface area contributed by atoms with E-state index >= 15 is 0 Å². The van der Waals surface area contributed by atoms with Crippen molar-refractivity contribution in [2.75, 3.05) is 18.0 Å². The van der Waals surface area contributed by atoms with Crippen molar-refractivity contribution < 1.29 is 14.3 Å². The molecule has 1 saturated heterocycles. The van der Waals surface area contributed by atoms with Gasteiger partial charge in [-0.25, -0.2) is 4.79 Å². The van der Waals surface area contributed by atoms with Crippen molar-refractivity contribution in [3.63, 3.8) is 0 Å². The van der Waals surface area contributed by atoms with Gasteiger partial charge in [0.05, 0.1) is 13.1 Å². The van der Waals surface area contributed by atoms with Gasteiger partial charge in [-0.05, 0) is 30.7 Å². The summed E-state index contributed by atoms with van der Waals surface area (Å²) in [6.07, 6.45) is -0.734. The Kier molecular flexibility index (Phi) is 4.28. The molecular weight excluding hydrogens is 292 g/mol. The SMILES string of the molecule is Cc1ccccc1C(=O)NCC1CN(c2ccccc2)C(=O)O1. The van der Waals surface area contributed by atoms with Crippen LogP contribution in [-0.2, 0) is 4.74 Å². The van der Waals surface area contributed by atoms with E-state index in [9.17, 15) is 9.59 Å². The summed E-state index contributed by atoms with van der Waals surface area (Å²) in [7, 11) is 0. The molecule has 0 aliphatic carbocycles. The number of para-hydroxylation sites is 1. The Morgan fingerprint density at radius 2 is 1.87 bits per heavy atom. The Hall–Kier alpha value is -2.82. The van der Waals surface area contributed by atoms with Gasteiger partial charge in [0, 0.05) is 11.3 Å². The predicted octanol–water partition coefficient (Wildman–Crippen LogP) is 2.75. The molecule has 0 radical (unpaired) electrons. The van der Waals surface area contributed by atoms with E-state index in [2.05, 4.69) is 5.32 Å². The number of rotatable bonds is 4. The fourth-order valence-electron chi connectivity index (χ4n) is 2.58. The van der Waals surface area contributed by atoms with Crippen molar-refractivity contribution in [2.45, 2.75) is 13.0 Å². The van der Waals surface area contributed by atoms with Crippen molar-refractivity contribution >= 4 is 17.7 Å². The third kappa shape index (κ3) is 3.34. The summed E-state index contributed by atoms with van der Waals surface area (Å²) < 4.78 is 5.32. The second kappa shape index (κ2) is 6.52. The molecule has 3 rings (SSSR count). The highest BCUT2D eigenvalue weighted by Crippen LogP contribution is 2.20. The van der Waals surface area contributed by atoms with Crippen LogP contribution in [0.25, 0.3) is 0 Å². The molecule has 23 heavy (non-hydrogen) atoms. The van der Waals surface area contributed by atoms with Crippen LogP contribution in [0.15, 0.2) is 54.6 Å². The number of carbonyl (C=O) groups excluding carboxylic acids is 2. The Labute approximate surface area is 134 Å². The number of benzene rings is 2. The van der Waals surface area contributed by atoms with E-state index < -0.39 is 0 Å². The lowest BCUT2D eigenvalue weighted by Gasteiger charge is -2.13. The summed E-state index contributed by atoms with van der Waals surface area (Å²) in [4.78, 5) is 25.7. The second-order valence-electron chi connectivity index (χ2n) is 5.48. The van der Waals surface area contributed by atoms with Crippen LogP contribution in [-0.4, -0.2) is 31.2 Å². The lowest BCUT2D eigenvalue weighted by Crippen LogP contribution is -2.34. The number of nitrogens with zero attached hydrogens (tertiary/aromatic N) is 1. The summed E-state index contributed by atoms with van der Waals surface area (Å²) in [5.41, 5.74) is 2.35. The number of nitrogens with one attached hydrogen (secondary N) is 1. The van der Waals surface area contributed by atoms with E-state index in [4.69, 9.17) is 4.74 Å². The maximum atomic E-state index is 12.2. The number of anilines is 1. The standard InChI is InChI=1S/C18H18N2O3/c1-13-7-5-6-10-16(13)17(21)19-11-15-12-20(18(22)23-15)14-8-3-2-4-9-14/h2-10,15H,11-12H2,1H3,(H,19,21). The summed E-state index contributed by atoms with van der Waals surface area (Å²) in [6.45, 7) is 2.61. The third-order valence-corrected chi connectivity index (χ3v) is 3.82. The lowest BCUT2D eigenvalue weighted by molar-refractivity contribution is 0.0915. The molecule has 2 aromatic carbocycles. The second-order valence-corrected chi connectivity index (χ2v) is 5.48. The van der Waals surface area contributed by atoms with Gasteiger partial charge in [-0.2, -0.15) is 0 Å². The number of aryl methyl sites for hydroxylation is 1. The summed E-state index contributed by atoms with van der Waals surface area (Å²) in [5.74, 6) is -0.155. The first-order chi connectivity index (χ1) is 11.1. The molecule has 2 aromatic rings. The average Bonchev–Trinajstić information content (AvgIpc) is 2.95. The monoisotopic (exact) mass is 310 g/mol. The highest BCUT2D eigenvalue weighted by molar-refractivity contribution is 5.95. The van der Waals surface area contributed by atoms with Crippen LogP contribution in [0, 0.1) is 6.92 Å². The van der Waals surface area contributed by atoms with Crippen molar-refractivity contribution in [3.05, 3.63) is 65.7 Å². The molecule has 0 spiro atoms. The predicted molar refractivity (Wildman–Crippen MR) is 87.6 cm³/mol. The summed E-state index contributed by atoms with van der Waals surface area (Å²) in [5, 5.41) is 2.83. The van der Waals surface area contributed by atoms with E-state index in [1.54, 1.807) is 11.0 Å². The normalized spacial score (nSPS) is 17.0. The minimum Gasteiger partial charge on any atom is -0.442 e. The number of hydrogen-bond acceptors (Lipinski definition) is 3. The molecule has 118 valence electrons. The average molecular weight is 310 g/mol. The molecule has 1 aliphatic heterocycles. The maximum absolute atomic E-state index is 12.2. The van der Waals surface area contributed by atoms with Crippen LogP contribution in [0.3, 0.4) is 0 Å². The molecular formula is C18H18N2O3. The fourth-order valence-corrected chi connectivity index (χ4v) is 2.58. The Bertz CT molecular complexity index is 715. The van der Waals surface area contributed by atoms with Gasteiger partial charge in [-0.1, -0.05) is 36.4 Å². The topological polar surface area (TPSA) is 58.6 Å². The van der Waals surface area contributed by atoms with Crippen LogP contribution < -0.4 is 10.2 Å². The number of cyclic esters (lactones) is 1. The summed E-state index contributed by atoms with van der Waals surface area (Å²) in [6, 6.07) is 16.7. The number of carbonyl (C=O) groups is 2. The lowest BCUT2D eigenvalue weighted by atomic mass is 10.1. The van der Waals surface area contributed by atoms with Crippen molar-refractivity contribution in [2.24, 2.45) is 0 Å². The van der Waals surface area contributed by atoms with E-state index in [0.717, 1.165) is 11.3 Å². The van der Waals surface area contributed by atoms with Gasteiger partial charge in [0.25, 0.3) is 5.91 Å². The minimum absolute atomic E-state index is 0.155. The molecule has 1 aliphatic rings. The Balaban J connectivity index is 1.59. The van der Waals surface area contributed by atoms with Gasteiger partial charge in [0.15, 0.2) is 0 Å². The summed E-state index contributed by atoms with van der Waals surface area (Å²) >= 11 is 0. The third-order valence-electron chi connectivity index (χ3n) is 3.82. The highest BCUT2D eigenvalue weighted by atomic mass is 16.6. The zero-order valence-electron chi connectivity index (χ0n) is 12.9. The van der Waals surface area contributed by atoms with E-state index in [1.165, 1.54) is 0 Å². The molecule has 5 nitrogen and oxygen atoms in total. The molecule has 1 heterocycles. The maximum Gasteiger partial charge on any atom is 0.414 e. The Morgan fingerprint density at radius 3 is 2.61 bits per heavy atom. The molecule has 1 fully saturated rings. The van der Waals surface area contributed by atoms with Crippen LogP contribution in [0.5, 0.6) is 0 Å². The quantitative estimate of drug-likeness (QED) is 0.944. The first-order valence-corrected chi connectivity index (χ1v) is 7.52.